The monoisotopic (exact) mass is 267 g/mol. The van der Waals surface area contributed by atoms with Crippen LogP contribution in [0.4, 0.5) is 11.4 Å². The van der Waals surface area contributed by atoms with E-state index in [1.54, 1.807) is 0 Å². The van der Waals surface area contributed by atoms with E-state index in [9.17, 15) is 0 Å². The van der Waals surface area contributed by atoms with E-state index in [0.29, 0.717) is 0 Å². The molecule has 0 aliphatic carbocycles. The average molecular weight is 267 g/mol. The summed E-state index contributed by atoms with van der Waals surface area (Å²) < 4.78 is 0. The third-order valence-corrected chi connectivity index (χ3v) is 3.83. The molecule has 3 rings (SSSR count). The predicted octanol–water partition coefficient (Wildman–Crippen LogP) is 3.28. The molecule has 0 bridgehead atoms. The van der Waals surface area contributed by atoms with Gasteiger partial charge in [-0.3, -0.25) is 4.98 Å². The molecule has 2 aromatic rings. The first-order valence-electron chi connectivity index (χ1n) is 7.33. The Morgan fingerprint density at radius 3 is 3.00 bits per heavy atom. The molecule has 0 amide bonds. The Hall–Kier alpha value is -1.87. The van der Waals surface area contributed by atoms with Crippen LogP contribution in [0.15, 0.2) is 42.6 Å². The molecule has 0 radical (unpaired) electrons. The van der Waals surface area contributed by atoms with Crippen molar-refractivity contribution in [3.05, 3.63) is 53.9 Å². The smallest absolute Gasteiger partial charge is 0.0562 e. The number of fused-ring (bicyclic) bond motifs is 1. The summed E-state index contributed by atoms with van der Waals surface area (Å²) in [7, 11) is 1.95. The highest BCUT2D eigenvalue weighted by Gasteiger charge is 2.16. The van der Waals surface area contributed by atoms with E-state index in [1.807, 2.05) is 13.2 Å². The molecule has 1 aromatic carbocycles. The molecule has 3 heteroatoms. The zero-order chi connectivity index (χ0) is 13.8. The number of hydrogen-bond acceptors (Lipinski definition) is 3. The molecule has 1 aliphatic rings. The summed E-state index contributed by atoms with van der Waals surface area (Å²) in [4.78, 5) is 6.85. The maximum absolute atomic E-state index is 4.41. The van der Waals surface area contributed by atoms with Gasteiger partial charge in [0.05, 0.1) is 5.69 Å². The Morgan fingerprint density at radius 2 is 2.10 bits per heavy atom. The standard InChI is InChI=1S/C17H21N3/c1-18-13-15-12-16(9-10-19-15)20-11-5-4-7-14-6-2-3-8-17(14)20/h2-3,6,8-10,12,18H,4-5,7,11,13H2,1H3. The minimum Gasteiger partial charge on any atom is -0.341 e. The molecule has 1 aliphatic heterocycles. The molecular weight excluding hydrogens is 246 g/mol. The van der Waals surface area contributed by atoms with Gasteiger partial charge in [-0.15, -0.1) is 0 Å². The van der Waals surface area contributed by atoms with Crippen molar-refractivity contribution >= 4 is 11.4 Å². The van der Waals surface area contributed by atoms with Gasteiger partial charge >= 0.3 is 0 Å². The highest BCUT2D eigenvalue weighted by Crippen LogP contribution is 2.32. The van der Waals surface area contributed by atoms with Gasteiger partial charge in [-0.1, -0.05) is 18.2 Å². The van der Waals surface area contributed by atoms with Gasteiger partial charge in [0.25, 0.3) is 0 Å². The van der Waals surface area contributed by atoms with E-state index >= 15 is 0 Å². The molecule has 0 fully saturated rings. The molecule has 104 valence electrons. The molecule has 3 nitrogen and oxygen atoms in total. The summed E-state index contributed by atoms with van der Waals surface area (Å²) in [5.41, 5.74) is 5.15. The molecule has 0 spiro atoms. The fourth-order valence-electron chi connectivity index (χ4n) is 2.87. The van der Waals surface area contributed by atoms with Crippen LogP contribution in [0.2, 0.25) is 0 Å². The number of nitrogens with one attached hydrogen (secondary N) is 1. The van der Waals surface area contributed by atoms with Gasteiger partial charge in [-0.05, 0) is 50.1 Å². The van der Waals surface area contributed by atoms with Crippen molar-refractivity contribution in [1.29, 1.82) is 0 Å². The first kappa shape index (κ1) is 13.1. The number of anilines is 2. The van der Waals surface area contributed by atoms with Gasteiger partial charge in [0, 0.05) is 30.7 Å². The van der Waals surface area contributed by atoms with Crippen LogP contribution in [0.5, 0.6) is 0 Å². The van der Waals surface area contributed by atoms with Crippen LogP contribution in [0.1, 0.15) is 24.1 Å². The SMILES string of the molecule is CNCc1cc(N2CCCCc3ccccc32)ccn1. The molecule has 1 aromatic heterocycles. The first-order chi connectivity index (χ1) is 9.88. The second-order valence-corrected chi connectivity index (χ2v) is 5.27. The van der Waals surface area contributed by atoms with Crippen LogP contribution >= 0.6 is 0 Å². The summed E-state index contributed by atoms with van der Waals surface area (Å²) in [6, 6.07) is 13.1. The number of rotatable bonds is 3. The topological polar surface area (TPSA) is 28.2 Å². The Kier molecular flexibility index (Phi) is 3.97. The largest absolute Gasteiger partial charge is 0.341 e. The van der Waals surface area contributed by atoms with Crippen molar-refractivity contribution < 1.29 is 0 Å². The Morgan fingerprint density at radius 1 is 1.20 bits per heavy atom. The van der Waals surface area contributed by atoms with Gasteiger partial charge in [0.2, 0.25) is 0 Å². The Bertz CT molecular complexity index is 580. The summed E-state index contributed by atoms with van der Waals surface area (Å²) in [6.45, 7) is 1.89. The summed E-state index contributed by atoms with van der Waals surface area (Å²) >= 11 is 0. The number of nitrogens with zero attached hydrogens (tertiary/aromatic N) is 2. The third kappa shape index (κ3) is 2.68. The van der Waals surface area contributed by atoms with Crippen LogP contribution in [-0.4, -0.2) is 18.6 Å². The van der Waals surface area contributed by atoms with Gasteiger partial charge in [-0.25, -0.2) is 0 Å². The molecule has 0 saturated carbocycles. The van der Waals surface area contributed by atoms with Crippen molar-refractivity contribution in [1.82, 2.24) is 10.3 Å². The highest BCUT2D eigenvalue weighted by atomic mass is 15.1. The van der Waals surface area contributed by atoms with E-state index in [0.717, 1.165) is 18.8 Å². The van der Waals surface area contributed by atoms with Crippen molar-refractivity contribution in [2.75, 3.05) is 18.5 Å². The number of aryl methyl sites for hydroxylation is 1. The number of pyridine rings is 1. The number of hydrogen-bond donors (Lipinski definition) is 1. The van der Waals surface area contributed by atoms with Crippen LogP contribution in [0.3, 0.4) is 0 Å². The van der Waals surface area contributed by atoms with Crippen LogP contribution in [0, 0.1) is 0 Å². The quantitative estimate of drug-likeness (QED) is 0.925. The van der Waals surface area contributed by atoms with Crippen molar-refractivity contribution in [2.24, 2.45) is 0 Å². The van der Waals surface area contributed by atoms with Crippen molar-refractivity contribution in [3.63, 3.8) is 0 Å². The van der Waals surface area contributed by atoms with Crippen LogP contribution < -0.4 is 10.2 Å². The van der Waals surface area contributed by atoms with Crippen LogP contribution in [0.25, 0.3) is 0 Å². The zero-order valence-electron chi connectivity index (χ0n) is 12.0. The lowest BCUT2D eigenvalue weighted by atomic mass is 10.1. The first-order valence-corrected chi connectivity index (χ1v) is 7.33. The predicted molar refractivity (Wildman–Crippen MR) is 83.4 cm³/mol. The maximum atomic E-state index is 4.41. The minimum atomic E-state index is 0.809. The fraction of sp³-hybridized carbons (Fsp3) is 0.353. The number of aromatic nitrogens is 1. The van der Waals surface area contributed by atoms with E-state index in [2.05, 4.69) is 51.6 Å². The Labute approximate surface area is 120 Å². The molecular formula is C17H21N3. The molecule has 0 unspecified atom stereocenters. The third-order valence-electron chi connectivity index (χ3n) is 3.83. The van der Waals surface area contributed by atoms with Gasteiger partial charge in [-0.2, -0.15) is 0 Å². The lowest BCUT2D eigenvalue weighted by molar-refractivity contribution is 0.758. The fourth-order valence-corrected chi connectivity index (χ4v) is 2.87. The summed E-state index contributed by atoms with van der Waals surface area (Å²) in [5, 5.41) is 3.16. The van der Waals surface area contributed by atoms with E-state index in [1.165, 1.54) is 36.2 Å². The molecule has 1 N–H and O–H groups in total. The van der Waals surface area contributed by atoms with E-state index < -0.39 is 0 Å². The second-order valence-electron chi connectivity index (χ2n) is 5.27. The second kappa shape index (κ2) is 6.06. The van der Waals surface area contributed by atoms with Crippen molar-refractivity contribution in [3.8, 4) is 0 Å². The molecule has 0 atom stereocenters. The van der Waals surface area contributed by atoms with Crippen molar-refractivity contribution in [2.45, 2.75) is 25.8 Å². The van der Waals surface area contributed by atoms with Crippen LogP contribution in [-0.2, 0) is 13.0 Å². The lowest BCUT2D eigenvalue weighted by Gasteiger charge is -2.25. The molecule has 2 heterocycles. The lowest BCUT2D eigenvalue weighted by Crippen LogP contribution is -2.18. The van der Waals surface area contributed by atoms with Gasteiger partial charge < -0.3 is 10.2 Å². The number of benzene rings is 1. The van der Waals surface area contributed by atoms with Gasteiger partial charge in [0.15, 0.2) is 0 Å². The summed E-state index contributed by atoms with van der Waals surface area (Å²) in [5.74, 6) is 0. The zero-order valence-corrected chi connectivity index (χ0v) is 12.0. The maximum Gasteiger partial charge on any atom is 0.0562 e. The normalized spacial score (nSPS) is 14.8. The summed E-state index contributed by atoms with van der Waals surface area (Å²) in [6.07, 6.45) is 5.59. The Balaban J connectivity index is 1.98. The van der Waals surface area contributed by atoms with Gasteiger partial charge in [0.1, 0.15) is 0 Å². The van der Waals surface area contributed by atoms with E-state index in [-0.39, 0.29) is 0 Å². The molecule has 0 saturated heterocycles. The van der Waals surface area contributed by atoms with E-state index in [4.69, 9.17) is 0 Å². The number of para-hydroxylation sites is 1. The molecule has 20 heavy (non-hydrogen) atoms. The highest BCUT2D eigenvalue weighted by molar-refractivity contribution is 5.67. The average Bonchev–Trinajstić information content (AvgIpc) is 2.70. The minimum absolute atomic E-state index is 0.809.